The van der Waals surface area contributed by atoms with Gasteiger partial charge in [0.05, 0.1) is 0 Å². The number of hydrogen-bond donors (Lipinski definition) is 1. The van der Waals surface area contributed by atoms with Crippen molar-refractivity contribution in [2.75, 3.05) is 32.7 Å². The van der Waals surface area contributed by atoms with Crippen molar-refractivity contribution in [3.05, 3.63) is 0 Å². The van der Waals surface area contributed by atoms with E-state index in [0.29, 0.717) is 5.41 Å². The average Bonchev–Trinajstić information content (AvgIpc) is 2.21. The van der Waals surface area contributed by atoms with Gasteiger partial charge >= 0.3 is 0 Å². The van der Waals surface area contributed by atoms with Crippen LogP contribution >= 0.6 is 0 Å². The van der Waals surface area contributed by atoms with Crippen molar-refractivity contribution in [2.24, 2.45) is 17.3 Å². The zero-order valence-corrected chi connectivity index (χ0v) is 12.6. The lowest BCUT2D eigenvalue weighted by Gasteiger charge is -2.35. The van der Waals surface area contributed by atoms with Gasteiger partial charge in [0, 0.05) is 19.6 Å². The normalized spacial score (nSPS) is 27.4. The lowest BCUT2D eigenvalue weighted by Crippen LogP contribution is -2.41. The van der Waals surface area contributed by atoms with E-state index in [1.54, 1.807) is 0 Å². The summed E-state index contributed by atoms with van der Waals surface area (Å²) in [7, 11) is 0. The van der Waals surface area contributed by atoms with Gasteiger partial charge in [-0.3, -0.25) is 0 Å². The highest BCUT2D eigenvalue weighted by Crippen LogP contribution is 2.21. The second-order valence-corrected chi connectivity index (χ2v) is 7.10. The van der Waals surface area contributed by atoms with Crippen molar-refractivity contribution in [3.63, 3.8) is 0 Å². The highest BCUT2D eigenvalue weighted by atomic mass is 15.1. The molecule has 17 heavy (non-hydrogen) atoms. The van der Waals surface area contributed by atoms with Gasteiger partial charge < -0.3 is 10.2 Å². The van der Waals surface area contributed by atoms with Gasteiger partial charge in [0.25, 0.3) is 0 Å². The summed E-state index contributed by atoms with van der Waals surface area (Å²) >= 11 is 0. The van der Waals surface area contributed by atoms with Crippen LogP contribution in [0.5, 0.6) is 0 Å². The van der Waals surface area contributed by atoms with E-state index in [0.717, 1.165) is 24.9 Å². The van der Waals surface area contributed by atoms with Crippen molar-refractivity contribution < 1.29 is 0 Å². The largest absolute Gasteiger partial charge is 0.315 e. The predicted molar refractivity (Wildman–Crippen MR) is 76.3 cm³/mol. The van der Waals surface area contributed by atoms with Crippen LogP contribution in [0.15, 0.2) is 0 Å². The molecule has 2 atom stereocenters. The molecule has 1 fully saturated rings. The molecule has 0 aromatic carbocycles. The molecule has 1 rings (SSSR count). The Morgan fingerprint density at radius 3 is 2.41 bits per heavy atom. The number of rotatable bonds is 5. The first kappa shape index (κ1) is 15.0. The molecule has 0 amide bonds. The fourth-order valence-corrected chi connectivity index (χ4v) is 2.38. The highest BCUT2D eigenvalue weighted by molar-refractivity contribution is 4.75. The van der Waals surface area contributed by atoms with E-state index >= 15 is 0 Å². The summed E-state index contributed by atoms with van der Waals surface area (Å²) in [6, 6.07) is 0. The average molecular weight is 240 g/mol. The summed E-state index contributed by atoms with van der Waals surface area (Å²) in [5.74, 6) is 1.79. The first-order valence-electron chi connectivity index (χ1n) is 7.31. The molecule has 0 spiro atoms. The monoisotopic (exact) mass is 240 g/mol. The Balaban J connectivity index is 2.04. The van der Waals surface area contributed by atoms with Crippen LogP contribution in [0.4, 0.5) is 0 Å². The van der Waals surface area contributed by atoms with Crippen LogP contribution in [0.3, 0.4) is 0 Å². The van der Waals surface area contributed by atoms with Gasteiger partial charge in [-0.1, -0.05) is 34.6 Å². The molecule has 0 aromatic heterocycles. The van der Waals surface area contributed by atoms with Crippen LogP contribution < -0.4 is 5.32 Å². The fraction of sp³-hybridized carbons (Fsp3) is 1.00. The maximum atomic E-state index is 3.57. The molecular weight excluding hydrogens is 208 g/mol. The highest BCUT2D eigenvalue weighted by Gasteiger charge is 2.21. The van der Waals surface area contributed by atoms with Crippen LogP contribution in [0, 0.1) is 17.3 Å². The number of nitrogens with zero attached hydrogens (tertiary/aromatic N) is 1. The molecule has 1 saturated heterocycles. The maximum absolute atomic E-state index is 3.57. The van der Waals surface area contributed by atoms with Gasteiger partial charge in [0.15, 0.2) is 0 Å². The Bertz CT molecular complexity index is 207. The van der Waals surface area contributed by atoms with E-state index in [-0.39, 0.29) is 0 Å². The summed E-state index contributed by atoms with van der Waals surface area (Å²) in [5.41, 5.74) is 0.460. The third-order valence-electron chi connectivity index (χ3n) is 4.07. The Morgan fingerprint density at radius 2 is 1.82 bits per heavy atom. The Morgan fingerprint density at radius 1 is 1.12 bits per heavy atom. The Hall–Kier alpha value is -0.0800. The minimum atomic E-state index is 0.460. The van der Waals surface area contributed by atoms with E-state index in [2.05, 4.69) is 44.8 Å². The summed E-state index contributed by atoms with van der Waals surface area (Å²) in [6.07, 6.45) is 2.64. The van der Waals surface area contributed by atoms with Crippen LogP contribution in [0.2, 0.25) is 0 Å². The molecule has 1 aliphatic heterocycles. The van der Waals surface area contributed by atoms with Crippen molar-refractivity contribution in [2.45, 2.75) is 47.5 Å². The molecule has 0 radical (unpaired) electrons. The zero-order valence-electron chi connectivity index (χ0n) is 12.6. The topological polar surface area (TPSA) is 15.3 Å². The van der Waals surface area contributed by atoms with E-state index in [9.17, 15) is 0 Å². The van der Waals surface area contributed by atoms with Crippen LogP contribution in [-0.2, 0) is 0 Å². The third kappa shape index (κ3) is 6.42. The Kier molecular flexibility index (Phi) is 5.94. The molecule has 2 unspecified atom stereocenters. The molecule has 102 valence electrons. The van der Waals surface area contributed by atoms with E-state index in [1.165, 1.54) is 32.5 Å². The predicted octanol–water partition coefficient (Wildman–Crippen LogP) is 2.99. The van der Waals surface area contributed by atoms with Crippen molar-refractivity contribution in [3.8, 4) is 0 Å². The summed E-state index contributed by atoms with van der Waals surface area (Å²) < 4.78 is 0. The van der Waals surface area contributed by atoms with Gasteiger partial charge in [-0.2, -0.15) is 0 Å². The van der Waals surface area contributed by atoms with Gasteiger partial charge in [-0.25, -0.2) is 0 Å². The first-order valence-corrected chi connectivity index (χ1v) is 7.31. The number of likely N-dealkylation sites (tertiary alicyclic amines) is 1. The molecule has 0 aromatic rings. The smallest absolute Gasteiger partial charge is 0.0107 e. The lowest BCUT2D eigenvalue weighted by atomic mass is 9.89. The van der Waals surface area contributed by atoms with Crippen molar-refractivity contribution in [1.29, 1.82) is 0 Å². The fourth-order valence-electron chi connectivity index (χ4n) is 2.38. The van der Waals surface area contributed by atoms with Gasteiger partial charge in [0.1, 0.15) is 0 Å². The second-order valence-electron chi connectivity index (χ2n) is 7.10. The molecule has 1 heterocycles. The summed E-state index contributed by atoms with van der Waals surface area (Å²) in [5, 5.41) is 3.57. The summed E-state index contributed by atoms with van der Waals surface area (Å²) in [6.45, 7) is 17.8. The third-order valence-corrected chi connectivity index (χ3v) is 4.07. The van der Waals surface area contributed by atoms with Crippen LogP contribution in [0.25, 0.3) is 0 Å². The first-order chi connectivity index (χ1) is 7.88. The van der Waals surface area contributed by atoms with Crippen molar-refractivity contribution in [1.82, 2.24) is 10.2 Å². The standard InChI is InChI=1S/C15H32N2/c1-13-6-10-17(12-14(13)2)11-9-16-8-7-15(3,4)5/h13-14,16H,6-12H2,1-5H3. The van der Waals surface area contributed by atoms with Crippen LogP contribution in [-0.4, -0.2) is 37.6 Å². The van der Waals surface area contributed by atoms with E-state index in [1.807, 2.05) is 0 Å². The molecular formula is C15H32N2. The molecule has 1 aliphatic rings. The maximum Gasteiger partial charge on any atom is 0.0107 e. The zero-order chi connectivity index (χ0) is 12.9. The SMILES string of the molecule is CC1CCN(CCNCCC(C)(C)C)CC1C. The number of piperidine rings is 1. The minimum Gasteiger partial charge on any atom is -0.315 e. The molecule has 0 aliphatic carbocycles. The molecule has 2 nitrogen and oxygen atoms in total. The number of nitrogens with one attached hydrogen (secondary N) is 1. The molecule has 0 bridgehead atoms. The second kappa shape index (κ2) is 6.75. The number of hydrogen-bond acceptors (Lipinski definition) is 2. The van der Waals surface area contributed by atoms with Gasteiger partial charge in [-0.05, 0) is 43.2 Å². The quantitative estimate of drug-likeness (QED) is 0.743. The van der Waals surface area contributed by atoms with E-state index < -0.39 is 0 Å². The Labute approximate surface area is 108 Å². The van der Waals surface area contributed by atoms with Gasteiger partial charge in [0.2, 0.25) is 0 Å². The van der Waals surface area contributed by atoms with Gasteiger partial charge in [-0.15, -0.1) is 0 Å². The summed E-state index contributed by atoms with van der Waals surface area (Å²) in [4.78, 5) is 2.62. The molecule has 1 N–H and O–H groups in total. The van der Waals surface area contributed by atoms with Crippen molar-refractivity contribution >= 4 is 0 Å². The molecule has 2 heteroatoms. The van der Waals surface area contributed by atoms with Crippen LogP contribution in [0.1, 0.15) is 47.5 Å². The molecule has 0 saturated carbocycles. The lowest BCUT2D eigenvalue weighted by molar-refractivity contribution is 0.139. The minimum absolute atomic E-state index is 0.460. The van der Waals surface area contributed by atoms with E-state index in [4.69, 9.17) is 0 Å².